The van der Waals surface area contributed by atoms with E-state index in [1.54, 1.807) is 25.1 Å². The highest BCUT2D eigenvalue weighted by atomic mass is 32.2. The van der Waals surface area contributed by atoms with Gasteiger partial charge in [-0.2, -0.15) is 5.26 Å². The monoisotopic (exact) mass is 491 g/mol. The van der Waals surface area contributed by atoms with E-state index in [9.17, 15) is 25.0 Å². The van der Waals surface area contributed by atoms with Gasteiger partial charge in [0.2, 0.25) is 0 Å². The lowest BCUT2D eigenvalue weighted by atomic mass is 9.48. The summed E-state index contributed by atoms with van der Waals surface area (Å²) in [6, 6.07) is 8.45. The van der Waals surface area contributed by atoms with Gasteiger partial charge >= 0.3 is 0 Å². The number of nitriles is 1. The first-order valence-corrected chi connectivity index (χ1v) is 13.2. The van der Waals surface area contributed by atoms with Crippen molar-refractivity contribution in [2.24, 2.45) is 23.2 Å². The fraction of sp³-hybridized carbons (Fsp3) is 0.519. The number of benzene rings is 1. The summed E-state index contributed by atoms with van der Waals surface area (Å²) >= 11 is 1.30. The van der Waals surface area contributed by atoms with E-state index in [0.717, 1.165) is 19.3 Å². The first kappa shape index (κ1) is 23.8. The quantitative estimate of drug-likeness (QED) is 0.401. The molecule has 35 heavy (non-hydrogen) atoms. The van der Waals surface area contributed by atoms with E-state index in [1.807, 2.05) is 0 Å². The Labute approximate surface area is 209 Å². The maximum absolute atomic E-state index is 13.6. The molecule has 0 amide bonds. The minimum absolute atomic E-state index is 0.132. The van der Waals surface area contributed by atoms with Crippen molar-refractivity contribution in [3.63, 3.8) is 0 Å². The predicted molar refractivity (Wildman–Crippen MR) is 133 cm³/mol. The number of hydrogen-bond donors (Lipinski definition) is 1. The van der Waals surface area contributed by atoms with Gasteiger partial charge in [-0.05, 0) is 70.1 Å². The number of nitro benzene ring substituents is 1. The van der Waals surface area contributed by atoms with Gasteiger partial charge in [0, 0.05) is 28.3 Å². The molecule has 4 aliphatic carbocycles. The van der Waals surface area contributed by atoms with Crippen molar-refractivity contribution in [2.45, 2.75) is 58.3 Å². The number of nitro groups is 1. The number of nitrogens with one attached hydrogen (secondary N) is 1. The number of ketones is 2. The molecule has 4 saturated carbocycles. The molecule has 1 N–H and O–H groups in total. The average Bonchev–Trinajstić information content (AvgIpc) is 2.80. The van der Waals surface area contributed by atoms with Crippen LogP contribution in [0.1, 0.15) is 63.9 Å². The van der Waals surface area contributed by atoms with Crippen LogP contribution < -0.4 is 5.32 Å². The molecule has 4 fully saturated rings. The lowest BCUT2D eigenvalue weighted by Gasteiger charge is -2.56. The van der Waals surface area contributed by atoms with Gasteiger partial charge < -0.3 is 5.32 Å². The van der Waals surface area contributed by atoms with Gasteiger partial charge in [-0.1, -0.05) is 30.0 Å². The summed E-state index contributed by atoms with van der Waals surface area (Å²) in [5.41, 5.74) is 1.10. The molecule has 0 unspecified atom stereocenters. The zero-order chi connectivity index (χ0) is 24.9. The normalized spacial score (nSPS) is 31.2. The second-order valence-corrected chi connectivity index (χ2v) is 11.7. The molecule has 182 valence electrons. The highest BCUT2D eigenvalue weighted by Crippen LogP contribution is 2.60. The SMILES string of the molecule is CC(=O)C1=C(C)NC(SCC(=O)C23CC4CC(CC(C4)C2)C3)=C(C#N)[C@@H]1c1ccccc1[N+](=O)[O-]. The van der Waals surface area contributed by atoms with Crippen molar-refractivity contribution in [3.8, 4) is 6.07 Å². The molecule has 0 spiro atoms. The van der Waals surface area contributed by atoms with E-state index >= 15 is 0 Å². The van der Waals surface area contributed by atoms with Crippen LogP contribution in [0.25, 0.3) is 0 Å². The van der Waals surface area contributed by atoms with Crippen LogP contribution in [0.15, 0.2) is 46.1 Å². The Hall–Kier alpha value is -2.92. The van der Waals surface area contributed by atoms with Crippen LogP contribution in [0.3, 0.4) is 0 Å². The molecule has 1 aromatic carbocycles. The van der Waals surface area contributed by atoms with Crippen LogP contribution in [-0.4, -0.2) is 22.2 Å². The summed E-state index contributed by atoms with van der Waals surface area (Å²) in [7, 11) is 0. The van der Waals surface area contributed by atoms with Gasteiger partial charge in [-0.15, -0.1) is 0 Å². The fourth-order valence-electron chi connectivity index (χ4n) is 7.45. The molecular formula is C27H29N3O4S. The third kappa shape index (κ3) is 4.10. The van der Waals surface area contributed by atoms with Crippen LogP contribution in [-0.2, 0) is 9.59 Å². The highest BCUT2D eigenvalue weighted by molar-refractivity contribution is 8.03. The van der Waals surface area contributed by atoms with Crippen LogP contribution in [0.5, 0.6) is 0 Å². The Balaban J connectivity index is 1.46. The second-order valence-electron chi connectivity index (χ2n) is 10.7. The molecule has 0 saturated heterocycles. The number of thioether (sulfide) groups is 1. The van der Waals surface area contributed by atoms with E-state index in [1.165, 1.54) is 44.0 Å². The molecule has 4 bridgehead atoms. The number of rotatable bonds is 7. The highest BCUT2D eigenvalue weighted by Gasteiger charge is 2.54. The van der Waals surface area contributed by atoms with E-state index in [2.05, 4.69) is 11.4 Å². The van der Waals surface area contributed by atoms with Crippen LogP contribution in [0.2, 0.25) is 0 Å². The minimum Gasteiger partial charge on any atom is -0.353 e. The molecular weight excluding hydrogens is 462 g/mol. The lowest BCUT2D eigenvalue weighted by molar-refractivity contribution is -0.385. The molecule has 1 atom stereocenters. The van der Waals surface area contributed by atoms with Gasteiger partial charge in [-0.25, -0.2) is 0 Å². The topological polar surface area (TPSA) is 113 Å². The van der Waals surface area contributed by atoms with E-state index in [0.29, 0.717) is 39.6 Å². The molecule has 0 radical (unpaired) electrons. The fourth-order valence-corrected chi connectivity index (χ4v) is 8.57. The van der Waals surface area contributed by atoms with Crippen molar-refractivity contribution < 1.29 is 14.5 Å². The molecule has 1 aromatic rings. The van der Waals surface area contributed by atoms with Gasteiger partial charge in [0.05, 0.1) is 33.3 Å². The number of carbonyl (C=O) groups is 2. The maximum Gasteiger partial charge on any atom is 0.273 e. The molecule has 5 aliphatic rings. The third-order valence-electron chi connectivity index (χ3n) is 8.45. The van der Waals surface area contributed by atoms with Crippen LogP contribution in [0.4, 0.5) is 5.69 Å². The summed E-state index contributed by atoms with van der Waals surface area (Å²) in [6.07, 6.45) is 6.76. The van der Waals surface area contributed by atoms with Gasteiger partial charge in [0.25, 0.3) is 5.69 Å². The number of carbonyl (C=O) groups excluding carboxylic acids is 2. The first-order valence-electron chi connectivity index (χ1n) is 12.2. The van der Waals surface area contributed by atoms with Crippen molar-refractivity contribution in [1.29, 1.82) is 5.26 Å². The number of Topliss-reactive ketones (excluding diaryl/α,β-unsaturated/α-hetero) is 2. The number of nitrogens with zero attached hydrogens (tertiary/aromatic N) is 2. The molecule has 1 heterocycles. The molecule has 0 aromatic heterocycles. The van der Waals surface area contributed by atoms with Crippen LogP contribution >= 0.6 is 11.8 Å². The zero-order valence-corrected chi connectivity index (χ0v) is 20.8. The Morgan fingerprint density at radius 3 is 2.31 bits per heavy atom. The van der Waals surface area contributed by atoms with E-state index < -0.39 is 10.8 Å². The van der Waals surface area contributed by atoms with Gasteiger partial charge in [0.1, 0.15) is 5.78 Å². The largest absolute Gasteiger partial charge is 0.353 e. The standard InChI is InChI=1S/C27H29N3O4S/c1-15-24(16(2)31)25(20-5-3-4-6-22(20)30(33)34)21(13-28)26(29-15)35-14-23(32)27-10-17-7-18(11-27)9-19(8-17)12-27/h3-6,17-19,25,29H,7-12,14H2,1-2H3/t17?,18?,19?,25-,27?/m0/s1. The molecule has 1 aliphatic heterocycles. The molecule has 6 rings (SSSR count). The maximum atomic E-state index is 13.6. The number of dihydropyridines is 1. The molecule has 8 heteroatoms. The van der Waals surface area contributed by atoms with Crippen molar-refractivity contribution >= 4 is 29.0 Å². The van der Waals surface area contributed by atoms with Crippen molar-refractivity contribution in [1.82, 2.24) is 5.32 Å². The zero-order valence-electron chi connectivity index (χ0n) is 20.0. The average molecular weight is 492 g/mol. The van der Waals surface area contributed by atoms with Crippen molar-refractivity contribution in [3.05, 3.63) is 61.8 Å². The van der Waals surface area contributed by atoms with Gasteiger partial charge in [0.15, 0.2) is 5.78 Å². The summed E-state index contributed by atoms with van der Waals surface area (Å²) in [5, 5.41) is 25.6. The summed E-state index contributed by atoms with van der Waals surface area (Å²) in [6.45, 7) is 3.15. The Morgan fingerprint density at radius 2 is 1.77 bits per heavy atom. The number of para-hydroxylation sites is 1. The Bertz CT molecular complexity index is 1190. The first-order chi connectivity index (χ1) is 16.7. The minimum atomic E-state index is -0.850. The number of allylic oxidation sites excluding steroid dienone is 3. The smallest absolute Gasteiger partial charge is 0.273 e. The lowest BCUT2D eigenvalue weighted by Crippen LogP contribution is -2.50. The number of hydrogen-bond acceptors (Lipinski definition) is 7. The Kier molecular flexibility index (Phi) is 6.08. The van der Waals surface area contributed by atoms with Crippen LogP contribution in [0, 0.1) is 44.6 Å². The van der Waals surface area contributed by atoms with Gasteiger partial charge in [-0.3, -0.25) is 19.7 Å². The second kappa shape index (κ2) is 8.94. The summed E-state index contributed by atoms with van der Waals surface area (Å²) in [4.78, 5) is 37.5. The molecule has 7 nitrogen and oxygen atoms in total. The Morgan fingerprint density at radius 1 is 1.17 bits per heavy atom. The summed E-state index contributed by atoms with van der Waals surface area (Å²) in [5.74, 6) is 1.42. The third-order valence-corrected chi connectivity index (χ3v) is 9.47. The van der Waals surface area contributed by atoms with E-state index in [-0.39, 0.29) is 34.0 Å². The summed E-state index contributed by atoms with van der Waals surface area (Å²) < 4.78 is 0. The predicted octanol–water partition coefficient (Wildman–Crippen LogP) is 5.40. The van der Waals surface area contributed by atoms with Crippen molar-refractivity contribution in [2.75, 3.05) is 5.75 Å². The van der Waals surface area contributed by atoms with E-state index in [4.69, 9.17) is 0 Å².